The van der Waals surface area contributed by atoms with Gasteiger partial charge in [-0.25, -0.2) is 4.39 Å². The predicted octanol–water partition coefficient (Wildman–Crippen LogP) is 5.36. The molecule has 0 aliphatic rings. The molecule has 0 saturated carbocycles. The van der Waals surface area contributed by atoms with E-state index < -0.39 is 0 Å². The van der Waals surface area contributed by atoms with Crippen LogP contribution in [-0.2, 0) is 0 Å². The fraction of sp³-hybridized carbons (Fsp3) is 0.250. The Hall–Kier alpha value is -0.710. The zero-order chi connectivity index (χ0) is 14.7. The lowest BCUT2D eigenvalue weighted by Crippen LogP contribution is -2.22. The van der Waals surface area contributed by atoms with Crippen LogP contribution in [0.15, 0.2) is 45.3 Å². The summed E-state index contributed by atoms with van der Waals surface area (Å²) in [6.45, 7) is 4.63. The molecule has 0 radical (unpaired) electrons. The molecule has 1 N–H and O–H groups in total. The molecular weight excluding hydrogens is 385 g/mol. The van der Waals surface area contributed by atoms with Crippen LogP contribution in [0, 0.1) is 12.7 Å². The van der Waals surface area contributed by atoms with Crippen molar-refractivity contribution >= 4 is 31.9 Å². The molecule has 1 atom stereocenters. The van der Waals surface area contributed by atoms with E-state index in [0.717, 1.165) is 26.6 Å². The van der Waals surface area contributed by atoms with Crippen LogP contribution in [0.5, 0.6) is 0 Å². The van der Waals surface area contributed by atoms with Crippen molar-refractivity contribution < 1.29 is 4.39 Å². The van der Waals surface area contributed by atoms with E-state index in [4.69, 9.17) is 0 Å². The number of halogens is 3. The summed E-state index contributed by atoms with van der Waals surface area (Å²) < 4.78 is 15.8. The summed E-state index contributed by atoms with van der Waals surface area (Å²) in [6, 6.07) is 11.4. The van der Waals surface area contributed by atoms with Gasteiger partial charge in [0.05, 0.1) is 6.04 Å². The minimum absolute atomic E-state index is 0.0300. The van der Waals surface area contributed by atoms with Gasteiger partial charge in [-0.15, -0.1) is 0 Å². The minimum atomic E-state index is -0.168. The Morgan fingerprint density at radius 1 is 1.15 bits per heavy atom. The highest BCUT2D eigenvalue weighted by Gasteiger charge is 2.17. The maximum absolute atomic E-state index is 13.8. The second-order valence-corrected chi connectivity index (χ2v) is 6.44. The fourth-order valence-electron chi connectivity index (χ4n) is 2.14. The van der Waals surface area contributed by atoms with E-state index in [1.54, 1.807) is 13.0 Å². The van der Waals surface area contributed by atoms with E-state index in [0.29, 0.717) is 5.56 Å². The highest BCUT2D eigenvalue weighted by Crippen LogP contribution is 2.31. The Bertz CT molecular complexity index is 613. The number of nitrogens with one attached hydrogen (secondary N) is 1. The number of hydrogen-bond donors (Lipinski definition) is 1. The normalized spacial score (nSPS) is 12.4. The Morgan fingerprint density at radius 2 is 1.90 bits per heavy atom. The van der Waals surface area contributed by atoms with Gasteiger partial charge in [-0.2, -0.15) is 0 Å². The maximum atomic E-state index is 13.8. The number of aryl methyl sites for hydroxylation is 1. The summed E-state index contributed by atoms with van der Waals surface area (Å²) in [7, 11) is 0. The Kier molecular flexibility index (Phi) is 5.35. The molecule has 2 aromatic carbocycles. The van der Waals surface area contributed by atoms with E-state index in [9.17, 15) is 4.39 Å². The van der Waals surface area contributed by atoms with Gasteiger partial charge in [-0.3, -0.25) is 0 Å². The standard InChI is InChI=1S/C16H16Br2FN/c1-3-20-16(11-5-4-10(2)15(19)8-11)13-7-6-12(17)9-14(13)18/h4-9,16,20H,3H2,1-2H3. The van der Waals surface area contributed by atoms with E-state index in [-0.39, 0.29) is 11.9 Å². The lowest BCUT2D eigenvalue weighted by atomic mass is 9.97. The molecule has 0 amide bonds. The molecule has 1 unspecified atom stereocenters. The molecule has 0 spiro atoms. The Labute approximate surface area is 135 Å². The average molecular weight is 401 g/mol. The number of hydrogen-bond acceptors (Lipinski definition) is 1. The Balaban J connectivity index is 2.47. The highest BCUT2D eigenvalue weighted by atomic mass is 79.9. The lowest BCUT2D eigenvalue weighted by Gasteiger charge is -2.21. The monoisotopic (exact) mass is 399 g/mol. The molecule has 2 aromatic rings. The van der Waals surface area contributed by atoms with Gasteiger partial charge < -0.3 is 5.32 Å². The average Bonchev–Trinajstić information content (AvgIpc) is 2.40. The summed E-state index contributed by atoms with van der Waals surface area (Å²) in [5.41, 5.74) is 2.69. The van der Waals surface area contributed by atoms with Crippen molar-refractivity contribution in [2.75, 3.05) is 6.54 Å². The smallest absolute Gasteiger partial charge is 0.126 e. The second-order valence-electron chi connectivity index (χ2n) is 4.67. The third-order valence-electron chi connectivity index (χ3n) is 3.21. The molecule has 20 heavy (non-hydrogen) atoms. The van der Waals surface area contributed by atoms with Crippen LogP contribution in [-0.4, -0.2) is 6.54 Å². The first-order valence-corrected chi connectivity index (χ1v) is 8.06. The van der Waals surface area contributed by atoms with Crippen LogP contribution in [0.4, 0.5) is 4.39 Å². The lowest BCUT2D eigenvalue weighted by molar-refractivity contribution is 0.596. The van der Waals surface area contributed by atoms with Gasteiger partial charge in [-0.05, 0) is 48.4 Å². The third kappa shape index (κ3) is 3.48. The zero-order valence-corrected chi connectivity index (χ0v) is 14.6. The molecule has 0 bridgehead atoms. The molecule has 1 nitrogen and oxygen atoms in total. The van der Waals surface area contributed by atoms with Gasteiger partial charge in [0.15, 0.2) is 0 Å². The maximum Gasteiger partial charge on any atom is 0.126 e. The second kappa shape index (κ2) is 6.83. The van der Waals surface area contributed by atoms with Crippen LogP contribution in [0.1, 0.15) is 29.7 Å². The molecule has 0 aromatic heterocycles. The number of benzene rings is 2. The first kappa shape index (κ1) is 15.7. The van der Waals surface area contributed by atoms with Crippen molar-refractivity contribution in [1.29, 1.82) is 0 Å². The van der Waals surface area contributed by atoms with Crippen LogP contribution in [0.3, 0.4) is 0 Å². The largest absolute Gasteiger partial charge is 0.306 e. The van der Waals surface area contributed by atoms with Crippen LogP contribution in [0.25, 0.3) is 0 Å². The van der Waals surface area contributed by atoms with E-state index in [2.05, 4.69) is 37.2 Å². The summed E-state index contributed by atoms with van der Waals surface area (Å²) in [5.74, 6) is -0.168. The van der Waals surface area contributed by atoms with E-state index in [1.165, 1.54) is 0 Å². The van der Waals surface area contributed by atoms with Crippen molar-refractivity contribution in [2.24, 2.45) is 0 Å². The van der Waals surface area contributed by atoms with Gasteiger partial charge >= 0.3 is 0 Å². The van der Waals surface area contributed by atoms with E-state index >= 15 is 0 Å². The van der Waals surface area contributed by atoms with Gasteiger partial charge in [0.2, 0.25) is 0 Å². The summed E-state index contributed by atoms with van der Waals surface area (Å²) >= 11 is 7.04. The van der Waals surface area contributed by atoms with Gasteiger partial charge in [0, 0.05) is 8.95 Å². The molecule has 0 fully saturated rings. The van der Waals surface area contributed by atoms with Crippen molar-refractivity contribution in [3.05, 3.63) is 67.9 Å². The predicted molar refractivity (Wildman–Crippen MR) is 88.5 cm³/mol. The van der Waals surface area contributed by atoms with Gasteiger partial charge in [0.1, 0.15) is 5.82 Å². The van der Waals surface area contributed by atoms with Crippen molar-refractivity contribution in [3.63, 3.8) is 0 Å². The summed E-state index contributed by atoms with van der Waals surface area (Å²) in [4.78, 5) is 0. The molecule has 2 rings (SSSR count). The highest BCUT2D eigenvalue weighted by molar-refractivity contribution is 9.11. The first-order valence-electron chi connectivity index (χ1n) is 6.47. The molecule has 0 aliphatic heterocycles. The van der Waals surface area contributed by atoms with Crippen molar-refractivity contribution in [2.45, 2.75) is 19.9 Å². The third-order valence-corrected chi connectivity index (χ3v) is 4.39. The van der Waals surface area contributed by atoms with Crippen molar-refractivity contribution in [1.82, 2.24) is 5.32 Å². The van der Waals surface area contributed by atoms with Crippen LogP contribution in [0.2, 0.25) is 0 Å². The van der Waals surface area contributed by atoms with Crippen LogP contribution >= 0.6 is 31.9 Å². The minimum Gasteiger partial charge on any atom is -0.306 e. The Morgan fingerprint density at radius 3 is 2.50 bits per heavy atom. The molecule has 0 aliphatic carbocycles. The quantitative estimate of drug-likeness (QED) is 0.728. The zero-order valence-electron chi connectivity index (χ0n) is 11.4. The first-order chi connectivity index (χ1) is 9.52. The molecule has 106 valence electrons. The van der Waals surface area contributed by atoms with Gasteiger partial charge in [-0.1, -0.05) is 57.0 Å². The van der Waals surface area contributed by atoms with Crippen molar-refractivity contribution in [3.8, 4) is 0 Å². The molecule has 0 saturated heterocycles. The number of rotatable bonds is 4. The SMILES string of the molecule is CCNC(c1ccc(C)c(F)c1)c1ccc(Br)cc1Br. The summed E-state index contributed by atoms with van der Waals surface area (Å²) in [5, 5.41) is 3.41. The van der Waals surface area contributed by atoms with Crippen LogP contribution < -0.4 is 5.32 Å². The fourth-order valence-corrected chi connectivity index (χ4v) is 3.41. The van der Waals surface area contributed by atoms with E-state index in [1.807, 2.05) is 37.3 Å². The molecular formula is C16H16Br2FN. The molecule has 4 heteroatoms. The topological polar surface area (TPSA) is 12.0 Å². The summed E-state index contributed by atoms with van der Waals surface area (Å²) in [6.07, 6.45) is 0. The van der Waals surface area contributed by atoms with Gasteiger partial charge in [0.25, 0.3) is 0 Å². The molecule has 0 heterocycles.